The predicted octanol–water partition coefficient (Wildman–Crippen LogP) is 0.794. The molecule has 2 aromatic carbocycles. The van der Waals surface area contributed by atoms with Crippen molar-refractivity contribution in [2.24, 2.45) is 0 Å². The van der Waals surface area contributed by atoms with Gasteiger partial charge in [-0.3, -0.25) is 0 Å². The van der Waals surface area contributed by atoms with Crippen LogP contribution in [0.25, 0.3) is 28.0 Å². The molecule has 2 aromatic heterocycles. The van der Waals surface area contributed by atoms with Crippen LogP contribution >= 0.6 is 0 Å². The first kappa shape index (κ1) is 21.9. The maximum absolute atomic E-state index is 14.4. The summed E-state index contributed by atoms with van der Waals surface area (Å²) in [5.41, 5.74) is 3.45. The molecule has 4 rings (SSSR count). The summed E-state index contributed by atoms with van der Waals surface area (Å²) in [6, 6.07) is 12.3. The van der Waals surface area contributed by atoms with Crippen LogP contribution in [0.5, 0.6) is 5.88 Å². The molecule has 142 valence electrons. The molecule has 8 heteroatoms. The number of anilines is 1. The Hall–Kier alpha value is -1.84. The van der Waals surface area contributed by atoms with E-state index >= 15 is 0 Å². The van der Waals surface area contributed by atoms with Crippen LogP contribution in [0.2, 0.25) is 0 Å². The van der Waals surface area contributed by atoms with E-state index in [4.69, 9.17) is 0 Å². The molecule has 0 radical (unpaired) electrons. The van der Waals surface area contributed by atoms with Gasteiger partial charge in [-0.1, -0.05) is 12.1 Å². The third kappa shape index (κ3) is 4.08. The van der Waals surface area contributed by atoms with E-state index in [9.17, 15) is 13.9 Å². The van der Waals surface area contributed by atoms with Gasteiger partial charge in [0.05, 0.1) is 17.0 Å². The molecule has 0 atom stereocenters. The van der Waals surface area contributed by atoms with Gasteiger partial charge in [-0.25, -0.2) is 18.3 Å². The normalized spacial score (nSPS) is 10.8. The molecule has 0 bridgehead atoms. The van der Waals surface area contributed by atoms with Gasteiger partial charge in [-0.15, -0.1) is 0 Å². The zero-order valence-corrected chi connectivity index (χ0v) is 19.7. The fraction of sp³-hybridized carbons (Fsp3) is 0.143. The molecule has 0 N–H and O–H groups in total. The Morgan fingerprint density at radius 1 is 1.00 bits per heavy atom. The number of hydrogen-bond donors (Lipinski definition) is 0. The number of nitrogens with zero attached hydrogens (tertiary/aromatic N) is 4. The SMILES string of the molecule is Cc1nn2c([O-])cc(-c3ccc(N(C)C)cc3)nc2c1-c1ccc(F)cc1F.[K+]. The van der Waals surface area contributed by atoms with Crippen molar-refractivity contribution in [1.82, 2.24) is 14.6 Å². The molecule has 4 aromatic rings. The zero-order chi connectivity index (χ0) is 20.0. The third-order valence-corrected chi connectivity index (χ3v) is 4.61. The maximum atomic E-state index is 14.4. The fourth-order valence-corrected chi connectivity index (χ4v) is 3.18. The van der Waals surface area contributed by atoms with Crippen molar-refractivity contribution in [2.45, 2.75) is 6.92 Å². The summed E-state index contributed by atoms with van der Waals surface area (Å²) >= 11 is 0. The summed E-state index contributed by atoms with van der Waals surface area (Å²) in [7, 11) is 3.88. The number of rotatable bonds is 3. The van der Waals surface area contributed by atoms with E-state index in [-0.39, 0.29) is 68.5 Å². The topological polar surface area (TPSA) is 56.5 Å². The summed E-state index contributed by atoms with van der Waals surface area (Å²) in [4.78, 5) is 6.54. The first-order chi connectivity index (χ1) is 13.3. The van der Waals surface area contributed by atoms with Crippen LogP contribution in [0.1, 0.15) is 5.69 Å². The smallest absolute Gasteiger partial charge is 0.858 e. The van der Waals surface area contributed by atoms with Gasteiger partial charge in [0.15, 0.2) is 5.65 Å². The summed E-state index contributed by atoms with van der Waals surface area (Å²) in [6.07, 6.45) is 0. The first-order valence-electron chi connectivity index (χ1n) is 8.65. The third-order valence-electron chi connectivity index (χ3n) is 4.61. The summed E-state index contributed by atoms with van der Waals surface area (Å²) in [5.74, 6) is -1.77. The van der Waals surface area contributed by atoms with Gasteiger partial charge in [0.1, 0.15) is 11.6 Å². The van der Waals surface area contributed by atoms with Crippen LogP contribution < -0.4 is 61.4 Å². The Morgan fingerprint density at radius 3 is 2.31 bits per heavy atom. The van der Waals surface area contributed by atoms with Gasteiger partial charge in [-0.2, -0.15) is 5.10 Å². The molecule has 5 nitrogen and oxygen atoms in total. The number of aryl methyl sites for hydroxylation is 1. The minimum atomic E-state index is -0.729. The van der Waals surface area contributed by atoms with Gasteiger partial charge >= 0.3 is 51.4 Å². The van der Waals surface area contributed by atoms with E-state index in [1.54, 1.807) is 6.92 Å². The summed E-state index contributed by atoms with van der Waals surface area (Å²) < 4.78 is 28.8. The van der Waals surface area contributed by atoms with Gasteiger partial charge in [-0.05, 0) is 43.1 Å². The Labute approximate surface area is 209 Å². The van der Waals surface area contributed by atoms with Crippen molar-refractivity contribution in [3.63, 3.8) is 0 Å². The average molecular weight is 418 g/mol. The minimum Gasteiger partial charge on any atom is -0.858 e. The monoisotopic (exact) mass is 418 g/mol. The quantitative estimate of drug-likeness (QED) is 0.462. The molecule has 0 aliphatic heterocycles. The summed E-state index contributed by atoms with van der Waals surface area (Å²) in [6.45, 7) is 1.66. The molecule has 0 aliphatic rings. The Kier molecular flexibility index (Phi) is 6.40. The van der Waals surface area contributed by atoms with Crippen molar-refractivity contribution >= 4 is 11.3 Å². The number of aromatic nitrogens is 3. The summed E-state index contributed by atoms with van der Waals surface area (Å²) in [5, 5.41) is 16.8. The van der Waals surface area contributed by atoms with E-state index < -0.39 is 11.6 Å². The molecular weight excluding hydrogens is 401 g/mol. The molecule has 0 amide bonds. The molecular formula is C21H17F2KN4O. The number of benzene rings is 2. The van der Waals surface area contributed by atoms with Gasteiger partial charge in [0.25, 0.3) is 0 Å². The molecule has 0 saturated heterocycles. The second-order valence-electron chi connectivity index (χ2n) is 6.74. The van der Waals surface area contributed by atoms with Crippen molar-refractivity contribution in [1.29, 1.82) is 0 Å². The zero-order valence-electron chi connectivity index (χ0n) is 16.6. The van der Waals surface area contributed by atoms with Gasteiger partial charge < -0.3 is 10.0 Å². The largest absolute Gasteiger partial charge is 1.00 e. The van der Waals surface area contributed by atoms with Crippen molar-refractivity contribution in [2.75, 3.05) is 19.0 Å². The average Bonchev–Trinajstić information content (AvgIpc) is 2.98. The molecule has 0 aliphatic carbocycles. The van der Waals surface area contributed by atoms with Crippen LogP contribution in [0.4, 0.5) is 14.5 Å². The number of hydrogen-bond acceptors (Lipinski definition) is 4. The molecule has 2 heterocycles. The van der Waals surface area contributed by atoms with E-state index in [1.165, 1.54) is 18.2 Å². The van der Waals surface area contributed by atoms with Crippen LogP contribution in [0.3, 0.4) is 0 Å². The van der Waals surface area contributed by atoms with E-state index in [0.29, 0.717) is 17.0 Å². The molecule has 0 saturated carbocycles. The van der Waals surface area contributed by atoms with E-state index in [0.717, 1.165) is 21.8 Å². The Bertz CT molecular complexity index is 1190. The molecule has 0 fully saturated rings. The van der Waals surface area contributed by atoms with Crippen molar-refractivity contribution < 1.29 is 65.3 Å². The fourth-order valence-electron chi connectivity index (χ4n) is 3.18. The van der Waals surface area contributed by atoms with Gasteiger partial charge in [0, 0.05) is 37.0 Å². The van der Waals surface area contributed by atoms with Crippen molar-refractivity contribution in [3.8, 4) is 28.3 Å². The molecule has 0 unspecified atom stereocenters. The molecule has 0 spiro atoms. The van der Waals surface area contributed by atoms with Crippen LogP contribution in [0.15, 0.2) is 48.5 Å². The van der Waals surface area contributed by atoms with Crippen molar-refractivity contribution in [3.05, 3.63) is 65.9 Å². The number of fused-ring (bicyclic) bond motifs is 1. The van der Waals surface area contributed by atoms with E-state index in [1.807, 2.05) is 43.3 Å². The minimum absolute atomic E-state index is 0. The molecule has 29 heavy (non-hydrogen) atoms. The van der Waals surface area contributed by atoms with Gasteiger partial charge in [0.2, 0.25) is 0 Å². The maximum Gasteiger partial charge on any atom is 1.00 e. The van der Waals surface area contributed by atoms with E-state index in [2.05, 4.69) is 10.1 Å². The Morgan fingerprint density at radius 2 is 1.69 bits per heavy atom. The van der Waals surface area contributed by atoms with Crippen LogP contribution in [-0.2, 0) is 0 Å². The van der Waals surface area contributed by atoms with Crippen LogP contribution in [-0.4, -0.2) is 28.7 Å². The Balaban J connectivity index is 0.00000240. The predicted molar refractivity (Wildman–Crippen MR) is 102 cm³/mol. The first-order valence-corrected chi connectivity index (χ1v) is 8.65. The standard InChI is InChI=1S/C21H18F2N4O.K/c1-12-20(16-9-6-14(22)10-17(16)23)21-24-18(11-19(28)27(21)25-12)13-4-7-15(8-5-13)26(2)3;/h4-11,28H,1-3H3;/q;+1/p-1. The number of halogens is 2. The second-order valence-corrected chi connectivity index (χ2v) is 6.74. The van der Waals surface area contributed by atoms with Crippen LogP contribution in [0, 0.1) is 18.6 Å². The second kappa shape index (κ2) is 8.49.